The third kappa shape index (κ3) is 7.53. The van der Waals surface area contributed by atoms with Crippen molar-refractivity contribution in [2.24, 2.45) is 5.10 Å². The summed E-state index contributed by atoms with van der Waals surface area (Å²) in [6.07, 6.45) is 6.35. The minimum absolute atomic E-state index is 0.0228. The van der Waals surface area contributed by atoms with E-state index < -0.39 is 11.8 Å². The van der Waals surface area contributed by atoms with Gasteiger partial charge in [0.15, 0.2) is 0 Å². The van der Waals surface area contributed by atoms with Gasteiger partial charge < -0.3 is 10.4 Å². The predicted molar refractivity (Wildman–Crippen MR) is 147 cm³/mol. The molecule has 0 aromatic heterocycles. The first-order chi connectivity index (χ1) is 15.9. The topological polar surface area (TPSA) is 90.8 Å². The lowest BCUT2D eigenvalue weighted by molar-refractivity contribution is -0.117. The maximum absolute atomic E-state index is 12.8. The van der Waals surface area contributed by atoms with Gasteiger partial charge in [-0.25, -0.2) is 5.43 Å². The Labute approximate surface area is 218 Å². The zero-order valence-corrected chi connectivity index (χ0v) is 21.5. The molecular formula is C25H19I2N3O3. The first kappa shape index (κ1) is 24.6. The number of nitrogens with zero attached hydrogens (tertiary/aromatic N) is 1. The number of carbonyl (C=O) groups excluding carboxylic acids is 2. The minimum Gasteiger partial charge on any atom is -0.506 e. The molecule has 0 bridgehead atoms. The monoisotopic (exact) mass is 663 g/mol. The van der Waals surface area contributed by atoms with Gasteiger partial charge in [0, 0.05) is 14.7 Å². The van der Waals surface area contributed by atoms with Gasteiger partial charge in [-0.2, -0.15) is 5.10 Å². The molecule has 166 valence electrons. The quantitative estimate of drug-likeness (QED) is 0.108. The average molecular weight is 663 g/mol. The lowest BCUT2D eigenvalue weighted by Gasteiger charge is -2.08. The van der Waals surface area contributed by atoms with Gasteiger partial charge >= 0.3 is 0 Å². The molecule has 3 aromatic rings. The van der Waals surface area contributed by atoms with E-state index in [1.165, 1.54) is 12.3 Å². The number of phenols is 1. The van der Waals surface area contributed by atoms with Crippen LogP contribution in [0.15, 0.2) is 95.7 Å². The standard InChI is InChI=1S/C25H19I2N3O3/c26-20-14-19(23(31)21(27)15-20)16-28-30-25(33)22(13-7-10-17-8-3-1-4-9-17)29-24(32)18-11-5-2-6-12-18/h1-16,31H,(H,29,32)(H,30,33)/b10-7+,22-13-,28-16-. The van der Waals surface area contributed by atoms with Crippen molar-refractivity contribution in [3.63, 3.8) is 0 Å². The summed E-state index contributed by atoms with van der Waals surface area (Å²) >= 11 is 4.15. The highest BCUT2D eigenvalue weighted by atomic mass is 127. The van der Waals surface area contributed by atoms with E-state index in [2.05, 4.69) is 38.4 Å². The summed E-state index contributed by atoms with van der Waals surface area (Å²) in [7, 11) is 0. The van der Waals surface area contributed by atoms with E-state index >= 15 is 0 Å². The van der Waals surface area contributed by atoms with Gasteiger partial charge in [0.25, 0.3) is 11.8 Å². The van der Waals surface area contributed by atoms with Crippen LogP contribution in [0, 0.1) is 7.14 Å². The number of hydrogen-bond donors (Lipinski definition) is 3. The molecule has 0 heterocycles. The minimum atomic E-state index is -0.604. The van der Waals surface area contributed by atoms with Crippen molar-refractivity contribution in [3.8, 4) is 5.75 Å². The lowest BCUT2D eigenvalue weighted by atomic mass is 10.2. The van der Waals surface area contributed by atoms with Crippen molar-refractivity contribution < 1.29 is 14.7 Å². The van der Waals surface area contributed by atoms with Crippen molar-refractivity contribution in [3.05, 3.63) is 114 Å². The number of nitrogens with one attached hydrogen (secondary N) is 2. The summed E-state index contributed by atoms with van der Waals surface area (Å²) in [6.45, 7) is 0. The Morgan fingerprint density at radius 1 is 0.939 bits per heavy atom. The van der Waals surface area contributed by atoms with Crippen molar-refractivity contribution in [2.75, 3.05) is 0 Å². The number of amides is 2. The Bertz CT molecular complexity index is 1220. The summed E-state index contributed by atoms with van der Waals surface area (Å²) in [5, 5.41) is 16.7. The van der Waals surface area contributed by atoms with E-state index in [1.807, 2.05) is 65.1 Å². The molecule has 8 heteroatoms. The number of benzene rings is 3. The number of rotatable bonds is 7. The van der Waals surface area contributed by atoms with Crippen LogP contribution < -0.4 is 10.7 Å². The van der Waals surface area contributed by atoms with Crippen molar-refractivity contribution in [1.29, 1.82) is 0 Å². The van der Waals surface area contributed by atoms with Gasteiger partial charge in [-0.05, 0) is 81.1 Å². The molecule has 0 spiro atoms. The Balaban J connectivity index is 1.78. The van der Waals surface area contributed by atoms with E-state index in [4.69, 9.17) is 0 Å². The number of halogens is 2. The molecule has 0 fully saturated rings. The second kappa shape index (κ2) is 12.3. The molecule has 6 nitrogen and oxygen atoms in total. The summed E-state index contributed by atoms with van der Waals surface area (Å²) in [5.74, 6) is -0.945. The number of allylic oxidation sites excluding steroid dienone is 2. The molecule has 0 aliphatic carbocycles. The van der Waals surface area contributed by atoms with Crippen LogP contribution >= 0.6 is 45.2 Å². The Morgan fingerprint density at radius 2 is 1.61 bits per heavy atom. The average Bonchev–Trinajstić information content (AvgIpc) is 2.82. The van der Waals surface area contributed by atoms with Crippen LogP contribution in [-0.4, -0.2) is 23.1 Å². The highest BCUT2D eigenvalue weighted by Gasteiger charge is 2.13. The molecule has 3 rings (SSSR count). The van der Waals surface area contributed by atoms with Crippen molar-refractivity contribution >= 4 is 69.3 Å². The van der Waals surface area contributed by atoms with Crippen LogP contribution in [-0.2, 0) is 4.79 Å². The molecule has 0 radical (unpaired) electrons. The number of hydrazone groups is 1. The van der Waals surface area contributed by atoms with Gasteiger partial charge in [-0.3, -0.25) is 9.59 Å². The molecule has 0 saturated heterocycles. The highest BCUT2D eigenvalue weighted by Crippen LogP contribution is 2.25. The largest absolute Gasteiger partial charge is 0.506 e. The van der Waals surface area contributed by atoms with Crippen LogP contribution in [0.1, 0.15) is 21.5 Å². The van der Waals surface area contributed by atoms with Gasteiger partial charge in [-0.15, -0.1) is 0 Å². The predicted octanol–water partition coefficient (Wildman–Crippen LogP) is 5.08. The van der Waals surface area contributed by atoms with Crippen LogP contribution in [0.25, 0.3) is 6.08 Å². The highest BCUT2D eigenvalue weighted by molar-refractivity contribution is 14.1. The fraction of sp³-hybridized carbons (Fsp3) is 0. The number of carbonyl (C=O) groups is 2. The molecule has 0 aliphatic rings. The Hall–Kier alpha value is -2.99. The van der Waals surface area contributed by atoms with Gasteiger partial charge in [0.05, 0.1) is 9.78 Å². The van der Waals surface area contributed by atoms with Crippen LogP contribution in [0.3, 0.4) is 0 Å². The molecule has 0 unspecified atom stereocenters. The van der Waals surface area contributed by atoms with Crippen LogP contribution in [0.5, 0.6) is 5.75 Å². The van der Waals surface area contributed by atoms with Gasteiger partial charge in [0.2, 0.25) is 0 Å². The number of phenolic OH excluding ortho intramolecular Hbond substituents is 1. The fourth-order valence-electron chi connectivity index (χ4n) is 2.68. The summed E-state index contributed by atoms with van der Waals surface area (Å²) in [6, 6.07) is 21.7. The molecule has 3 aromatic carbocycles. The van der Waals surface area contributed by atoms with E-state index in [-0.39, 0.29) is 11.4 Å². The second-order valence-electron chi connectivity index (χ2n) is 6.69. The van der Waals surface area contributed by atoms with Crippen molar-refractivity contribution in [1.82, 2.24) is 10.7 Å². The molecule has 0 atom stereocenters. The van der Waals surface area contributed by atoms with Crippen LogP contribution in [0.4, 0.5) is 0 Å². The van der Waals surface area contributed by atoms with Crippen LogP contribution in [0.2, 0.25) is 0 Å². The maximum Gasteiger partial charge on any atom is 0.287 e. The zero-order chi connectivity index (χ0) is 23.6. The first-order valence-corrected chi connectivity index (χ1v) is 11.9. The fourth-order valence-corrected chi connectivity index (χ4v) is 4.57. The third-order valence-corrected chi connectivity index (χ3v) is 5.75. The third-order valence-electron chi connectivity index (χ3n) is 4.31. The molecule has 33 heavy (non-hydrogen) atoms. The molecule has 2 amide bonds. The Morgan fingerprint density at radius 3 is 2.30 bits per heavy atom. The van der Waals surface area contributed by atoms with E-state index in [1.54, 1.807) is 42.5 Å². The van der Waals surface area contributed by atoms with E-state index in [0.29, 0.717) is 14.7 Å². The zero-order valence-electron chi connectivity index (χ0n) is 17.2. The van der Waals surface area contributed by atoms with Gasteiger partial charge in [-0.1, -0.05) is 60.7 Å². The Kier molecular flexibility index (Phi) is 9.19. The SMILES string of the molecule is O=C(N/N=C\c1cc(I)cc(I)c1O)/C(=C/C=C/c1ccccc1)NC(=O)c1ccccc1. The van der Waals surface area contributed by atoms with Gasteiger partial charge in [0.1, 0.15) is 11.4 Å². The van der Waals surface area contributed by atoms with E-state index in [9.17, 15) is 14.7 Å². The smallest absolute Gasteiger partial charge is 0.287 e. The molecule has 0 aliphatic heterocycles. The molecular weight excluding hydrogens is 644 g/mol. The van der Waals surface area contributed by atoms with E-state index in [0.717, 1.165) is 9.13 Å². The summed E-state index contributed by atoms with van der Waals surface area (Å²) in [4.78, 5) is 25.3. The maximum atomic E-state index is 12.8. The normalized spacial score (nSPS) is 11.6. The molecule has 0 saturated carbocycles. The first-order valence-electron chi connectivity index (χ1n) is 9.75. The second-order valence-corrected chi connectivity index (χ2v) is 9.10. The number of aromatic hydroxyl groups is 1. The van der Waals surface area contributed by atoms with Crippen molar-refractivity contribution in [2.45, 2.75) is 0 Å². The summed E-state index contributed by atoms with van der Waals surface area (Å²) < 4.78 is 1.60. The molecule has 3 N–H and O–H groups in total. The summed E-state index contributed by atoms with van der Waals surface area (Å²) in [5.41, 5.74) is 4.26. The number of hydrogen-bond acceptors (Lipinski definition) is 4. The lowest BCUT2D eigenvalue weighted by Crippen LogP contribution is -2.32.